The highest BCUT2D eigenvalue weighted by atomic mass is 16.6. The summed E-state index contributed by atoms with van der Waals surface area (Å²) in [4.78, 5) is 37.0. The summed E-state index contributed by atoms with van der Waals surface area (Å²) in [7, 11) is 5.53. The van der Waals surface area contributed by atoms with Gasteiger partial charge in [0.05, 0.1) is 34.4 Å². The number of ether oxygens (including phenoxy) is 3. The fourth-order valence-corrected chi connectivity index (χ4v) is 7.24. The van der Waals surface area contributed by atoms with Crippen molar-refractivity contribution in [3.63, 3.8) is 0 Å². The third kappa shape index (κ3) is 39.3. The second-order valence-corrected chi connectivity index (χ2v) is 17.7. The van der Waals surface area contributed by atoms with E-state index in [1.54, 1.807) is 0 Å². The molecule has 0 radical (unpaired) electrons. The van der Waals surface area contributed by atoms with Crippen LogP contribution >= 0.6 is 0 Å². The van der Waals surface area contributed by atoms with Gasteiger partial charge in [0.2, 0.25) is 0 Å². The van der Waals surface area contributed by atoms with E-state index in [1.807, 2.05) is 21.1 Å². The highest BCUT2D eigenvalue weighted by molar-refractivity contribution is 5.72. The summed E-state index contributed by atoms with van der Waals surface area (Å²) in [5.41, 5.74) is 0. The Morgan fingerprint density at radius 2 is 0.879 bits per heavy atom. The Kier molecular flexibility index (Phi) is 40.0. The first-order valence-electron chi connectivity index (χ1n) is 24.4. The van der Waals surface area contributed by atoms with Gasteiger partial charge in [0.15, 0.2) is 12.1 Å². The number of aliphatic carboxylic acids is 1. The van der Waals surface area contributed by atoms with Gasteiger partial charge in [-0.25, -0.2) is 4.79 Å². The zero-order valence-electron chi connectivity index (χ0n) is 38.8. The molecular formula is C50H94NO7+. The smallest absolute Gasteiger partial charge is 0.362 e. The van der Waals surface area contributed by atoms with Gasteiger partial charge >= 0.3 is 17.9 Å². The van der Waals surface area contributed by atoms with Gasteiger partial charge in [-0.1, -0.05) is 173 Å². The lowest BCUT2D eigenvalue weighted by atomic mass is 10.0. The van der Waals surface area contributed by atoms with Crippen molar-refractivity contribution in [3.8, 4) is 0 Å². The van der Waals surface area contributed by atoms with Crippen molar-refractivity contribution in [2.75, 3.05) is 41.0 Å². The minimum atomic E-state index is -0.874. The summed E-state index contributed by atoms with van der Waals surface area (Å²) in [5.74, 6) is -1.47. The summed E-state index contributed by atoms with van der Waals surface area (Å²) in [5, 5.41) is 9.63. The SMILES string of the molecule is CCCC/C=C\CCCCCCCC(=O)OCC(COCCC(C(=O)O)[N+](C)(C)C)OC(=O)CCCCCCCCCCCCC/C=C\CCCCCCCCCC. The Balaban J connectivity index is 4.18. The molecule has 1 N–H and O–H groups in total. The van der Waals surface area contributed by atoms with Crippen LogP contribution < -0.4 is 0 Å². The molecule has 2 atom stereocenters. The molecule has 0 rings (SSSR count). The molecule has 0 spiro atoms. The molecule has 0 aromatic carbocycles. The first-order chi connectivity index (χ1) is 28.1. The van der Waals surface area contributed by atoms with Crippen molar-refractivity contribution >= 4 is 17.9 Å². The van der Waals surface area contributed by atoms with Gasteiger partial charge in [0, 0.05) is 19.3 Å². The maximum absolute atomic E-state index is 12.8. The van der Waals surface area contributed by atoms with Crippen molar-refractivity contribution in [2.24, 2.45) is 0 Å². The predicted molar refractivity (Wildman–Crippen MR) is 243 cm³/mol. The Hall–Kier alpha value is -2.19. The molecule has 0 aliphatic heterocycles. The summed E-state index contributed by atoms with van der Waals surface area (Å²) in [6, 6.07) is -0.613. The monoisotopic (exact) mass is 821 g/mol. The summed E-state index contributed by atoms with van der Waals surface area (Å²) >= 11 is 0. The number of carbonyl (C=O) groups is 3. The van der Waals surface area contributed by atoms with Gasteiger partial charge in [0.1, 0.15) is 6.61 Å². The second-order valence-electron chi connectivity index (χ2n) is 17.7. The van der Waals surface area contributed by atoms with Crippen molar-refractivity contribution in [3.05, 3.63) is 24.3 Å². The minimum absolute atomic E-state index is 0.0525. The molecule has 0 aromatic rings. The van der Waals surface area contributed by atoms with E-state index in [1.165, 1.54) is 141 Å². The van der Waals surface area contributed by atoms with E-state index in [2.05, 4.69) is 38.2 Å². The zero-order valence-corrected chi connectivity index (χ0v) is 38.8. The van der Waals surface area contributed by atoms with Gasteiger partial charge in [0.25, 0.3) is 0 Å². The highest BCUT2D eigenvalue weighted by Crippen LogP contribution is 2.15. The van der Waals surface area contributed by atoms with Crippen molar-refractivity contribution in [2.45, 2.75) is 238 Å². The zero-order chi connectivity index (χ0) is 42.8. The van der Waals surface area contributed by atoms with E-state index < -0.39 is 18.1 Å². The van der Waals surface area contributed by atoms with Crippen molar-refractivity contribution < 1.29 is 38.2 Å². The number of hydrogen-bond donors (Lipinski definition) is 1. The maximum atomic E-state index is 12.8. The molecule has 0 heterocycles. The minimum Gasteiger partial charge on any atom is -0.477 e. The molecule has 0 aliphatic rings. The second kappa shape index (κ2) is 41.5. The van der Waals surface area contributed by atoms with Gasteiger partial charge in [-0.05, 0) is 57.8 Å². The molecule has 0 fully saturated rings. The maximum Gasteiger partial charge on any atom is 0.362 e. The molecule has 340 valence electrons. The highest BCUT2D eigenvalue weighted by Gasteiger charge is 2.31. The molecule has 0 saturated carbocycles. The number of rotatable bonds is 44. The van der Waals surface area contributed by atoms with Crippen LogP contribution in [-0.2, 0) is 28.6 Å². The molecule has 0 aromatic heterocycles. The molecule has 0 amide bonds. The Bertz CT molecular complexity index is 1000. The standard InChI is InChI=1S/C50H93NO7/c1-6-8-10-12-14-16-18-19-20-21-22-23-24-25-26-27-28-29-31-33-35-37-39-41-49(53)58-46(44-56-43-42-47(50(54)55)51(3,4)5)45-57-48(52)40-38-36-34-32-30-17-15-13-11-9-7-2/h13,15,21-22,46-47H,6-12,14,16-20,23-45H2,1-5H3/p+1/b15-13-,22-21-. The number of unbranched alkanes of at least 4 members (excludes halogenated alkanes) is 26. The van der Waals surface area contributed by atoms with Crippen LogP contribution in [0, 0.1) is 0 Å². The Labute approximate surface area is 358 Å². The number of carbonyl (C=O) groups excluding carboxylic acids is 2. The fourth-order valence-electron chi connectivity index (χ4n) is 7.24. The molecule has 0 aliphatic carbocycles. The van der Waals surface area contributed by atoms with Crippen molar-refractivity contribution in [1.29, 1.82) is 0 Å². The van der Waals surface area contributed by atoms with E-state index in [0.29, 0.717) is 19.3 Å². The van der Waals surface area contributed by atoms with E-state index in [-0.39, 0.29) is 36.2 Å². The number of hydrogen-bond acceptors (Lipinski definition) is 6. The van der Waals surface area contributed by atoms with E-state index in [4.69, 9.17) is 14.2 Å². The van der Waals surface area contributed by atoms with Crippen molar-refractivity contribution in [1.82, 2.24) is 0 Å². The van der Waals surface area contributed by atoms with Crippen LogP contribution in [0.3, 0.4) is 0 Å². The number of esters is 2. The lowest BCUT2D eigenvalue weighted by molar-refractivity contribution is -0.887. The van der Waals surface area contributed by atoms with Crippen LogP contribution in [0.1, 0.15) is 226 Å². The van der Waals surface area contributed by atoms with Crippen LogP contribution in [0.2, 0.25) is 0 Å². The summed E-state index contributed by atoms with van der Waals surface area (Å²) in [6.07, 6.45) is 46.6. The Morgan fingerprint density at radius 3 is 1.29 bits per heavy atom. The number of carboxylic acid groups (broad SMARTS) is 1. The van der Waals surface area contributed by atoms with E-state index >= 15 is 0 Å². The third-order valence-electron chi connectivity index (χ3n) is 11.1. The number of likely N-dealkylation sites (N-methyl/N-ethyl adjacent to an activating group) is 1. The summed E-state index contributed by atoms with van der Waals surface area (Å²) < 4.78 is 17.3. The van der Waals surface area contributed by atoms with E-state index in [9.17, 15) is 19.5 Å². The average molecular weight is 821 g/mol. The first kappa shape index (κ1) is 55.8. The molecular weight excluding hydrogens is 727 g/mol. The third-order valence-corrected chi connectivity index (χ3v) is 11.1. The first-order valence-corrected chi connectivity index (χ1v) is 24.4. The van der Waals surface area contributed by atoms with Crippen LogP contribution in [0.15, 0.2) is 24.3 Å². The van der Waals surface area contributed by atoms with Crippen LogP contribution in [-0.4, -0.2) is 80.6 Å². The molecule has 0 bridgehead atoms. The number of allylic oxidation sites excluding steroid dienone is 4. The normalized spacial score (nSPS) is 13.1. The number of carboxylic acids is 1. The largest absolute Gasteiger partial charge is 0.477 e. The molecule has 8 nitrogen and oxygen atoms in total. The number of quaternary nitrogens is 1. The van der Waals surface area contributed by atoms with Crippen LogP contribution in [0.25, 0.3) is 0 Å². The van der Waals surface area contributed by atoms with Gasteiger partial charge in [-0.2, -0.15) is 0 Å². The van der Waals surface area contributed by atoms with E-state index in [0.717, 1.165) is 51.4 Å². The molecule has 2 unspecified atom stereocenters. The van der Waals surface area contributed by atoms with Gasteiger partial charge in [-0.15, -0.1) is 0 Å². The molecule has 0 saturated heterocycles. The fraction of sp³-hybridized carbons (Fsp3) is 0.860. The lowest BCUT2D eigenvalue weighted by Gasteiger charge is -2.31. The Morgan fingerprint density at radius 1 is 0.500 bits per heavy atom. The molecule has 58 heavy (non-hydrogen) atoms. The summed E-state index contributed by atoms with van der Waals surface area (Å²) in [6.45, 7) is 4.71. The topological polar surface area (TPSA) is 99.1 Å². The molecule has 8 heteroatoms. The quantitative estimate of drug-likeness (QED) is 0.0283. The number of nitrogens with zero attached hydrogens (tertiary/aromatic N) is 1. The van der Waals surface area contributed by atoms with Gasteiger partial charge in [-0.3, -0.25) is 9.59 Å². The van der Waals surface area contributed by atoms with Crippen LogP contribution in [0.4, 0.5) is 0 Å². The average Bonchev–Trinajstić information content (AvgIpc) is 3.18. The predicted octanol–water partition coefficient (Wildman–Crippen LogP) is 13.6. The van der Waals surface area contributed by atoms with Crippen LogP contribution in [0.5, 0.6) is 0 Å². The van der Waals surface area contributed by atoms with Gasteiger partial charge < -0.3 is 23.8 Å². The lowest BCUT2D eigenvalue weighted by Crippen LogP contribution is -2.50.